The molecule has 3 N–H and O–H groups in total. The molecule has 1 aromatic carbocycles. The Morgan fingerprint density at radius 3 is 2.79 bits per heavy atom. The van der Waals surface area contributed by atoms with Gasteiger partial charge in [-0.25, -0.2) is 0 Å². The Balaban J connectivity index is 2.99. The normalized spacial score (nSPS) is 13.2. The largest absolute Gasteiger partial charge is 0.495 e. The van der Waals surface area contributed by atoms with Crippen molar-refractivity contribution in [2.75, 3.05) is 12.4 Å². The molecule has 19 heavy (non-hydrogen) atoms. The first-order valence-corrected chi connectivity index (χ1v) is 6.18. The summed E-state index contributed by atoms with van der Waals surface area (Å²) < 4.78 is 5.15. The smallest absolute Gasteiger partial charge is 0.241 e. The lowest BCUT2D eigenvalue weighted by Gasteiger charge is -2.19. The number of para-hydroxylation sites is 1. The molecule has 0 bridgehead atoms. The molecule has 1 aromatic rings. The molecule has 0 saturated carbocycles. The van der Waals surface area contributed by atoms with E-state index in [-0.39, 0.29) is 11.8 Å². The van der Waals surface area contributed by atoms with Gasteiger partial charge in [0, 0.05) is 0 Å². The minimum absolute atomic E-state index is 0.0697. The van der Waals surface area contributed by atoms with Gasteiger partial charge in [-0.2, -0.15) is 5.26 Å². The van der Waals surface area contributed by atoms with Crippen LogP contribution in [0.4, 0.5) is 5.69 Å². The van der Waals surface area contributed by atoms with Crippen LogP contribution in [0.2, 0.25) is 0 Å². The standard InChI is InChI=1S/C14H19N3O2/c1-4-9(2)12(16)14(18)17-13-10(8-15)6-5-7-11(13)19-3/h5-7,9,12H,4,16H2,1-3H3,(H,17,18)/t9-,12-/m0/s1. The highest BCUT2D eigenvalue weighted by atomic mass is 16.5. The molecule has 0 aliphatic carbocycles. The number of carbonyl (C=O) groups is 1. The molecular formula is C14H19N3O2. The van der Waals surface area contributed by atoms with Crippen LogP contribution in [0.1, 0.15) is 25.8 Å². The number of benzene rings is 1. The zero-order valence-electron chi connectivity index (χ0n) is 11.4. The molecule has 0 fully saturated rings. The third-order valence-corrected chi connectivity index (χ3v) is 3.17. The summed E-state index contributed by atoms with van der Waals surface area (Å²) in [6, 6.07) is 6.41. The second-order valence-electron chi connectivity index (χ2n) is 4.40. The summed E-state index contributed by atoms with van der Waals surface area (Å²) >= 11 is 0. The number of hydrogen-bond donors (Lipinski definition) is 2. The number of methoxy groups -OCH3 is 1. The van der Waals surface area contributed by atoms with Crippen molar-refractivity contribution in [1.29, 1.82) is 5.26 Å². The SMILES string of the molecule is CC[C@H](C)[C@H](N)C(=O)Nc1c(C#N)cccc1OC. The lowest BCUT2D eigenvalue weighted by molar-refractivity contribution is -0.118. The van der Waals surface area contributed by atoms with E-state index < -0.39 is 6.04 Å². The maximum Gasteiger partial charge on any atom is 0.241 e. The molecule has 0 saturated heterocycles. The first-order chi connectivity index (χ1) is 9.04. The van der Waals surface area contributed by atoms with Crippen LogP contribution >= 0.6 is 0 Å². The number of nitrogens with one attached hydrogen (secondary N) is 1. The van der Waals surface area contributed by atoms with Gasteiger partial charge in [0.2, 0.25) is 5.91 Å². The van der Waals surface area contributed by atoms with Crippen molar-refractivity contribution in [2.24, 2.45) is 11.7 Å². The van der Waals surface area contributed by atoms with E-state index in [2.05, 4.69) is 5.32 Å². The average Bonchev–Trinajstić information content (AvgIpc) is 2.45. The number of nitriles is 1. The van der Waals surface area contributed by atoms with Crippen molar-refractivity contribution in [3.05, 3.63) is 23.8 Å². The van der Waals surface area contributed by atoms with Crippen molar-refractivity contribution in [3.8, 4) is 11.8 Å². The minimum atomic E-state index is -0.610. The molecule has 0 radical (unpaired) electrons. The van der Waals surface area contributed by atoms with Gasteiger partial charge in [-0.3, -0.25) is 4.79 Å². The highest BCUT2D eigenvalue weighted by molar-refractivity contribution is 5.97. The summed E-state index contributed by atoms with van der Waals surface area (Å²) in [6.45, 7) is 3.89. The van der Waals surface area contributed by atoms with Crippen molar-refractivity contribution < 1.29 is 9.53 Å². The highest BCUT2D eigenvalue weighted by Crippen LogP contribution is 2.28. The Bertz CT molecular complexity index is 494. The lowest BCUT2D eigenvalue weighted by atomic mass is 9.99. The second kappa shape index (κ2) is 6.76. The third kappa shape index (κ3) is 3.46. The average molecular weight is 261 g/mol. The fraction of sp³-hybridized carbons (Fsp3) is 0.429. The summed E-state index contributed by atoms with van der Waals surface area (Å²) in [6.07, 6.45) is 0.811. The predicted molar refractivity (Wildman–Crippen MR) is 73.8 cm³/mol. The monoisotopic (exact) mass is 261 g/mol. The first-order valence-electron chi connectivity index (χ1n) is 6.18. The number of anilines is 1. The van der Waals surface area contributed by atoms with Gasteiger partial charge in [0.15, 0.2) is 0 Å². The quantitative estimate of drug-likeness (QED) is 0.847. The Morgan fingerprint density at radius 1 is 1.58 bits per heavy atom. The molecule has 0 unspecified atom stereocenters. The summed E-state index contributed by atoms with van der Waals surface area (Å²) in [7, 11) is 1.49. The van der Waals surface area contributed by atoms with E-state index in [9.17, 15) is 4.79 Å². The summed E-state index contributed by atoms with van der Waals surface area (Å²) in [4.78, 5) is 12.0. The third-order valence-electron chi connectivity index (χ3n) is 3.17. The molecule has 0 heterocycles. The van der Waals surface area contributed by atoms with Crippen LogP contribution in [0, 0.1) is 17.2 Å². The number of hydrogen-bond acceptors (Lipinski definition) is 4. The fourth-order valence-electron chi connectivity index (χ4n) is 1.64. The zero-order chi connectivity index (χ0) is 14.4. The second-order valence-corrected chi connectivity index (χ2v) is 4.40. The summed E-state index contributed by atoms with van der Waals surface area (Å²) in [5.74, 6) is 0.208. The Hall–Kier alpha value is -2.06. The molecule has 102 valence electrons. The molecule has 0 aliphatic heterocycles. The number of ether oxygens (including phenoxy) is 1. The van der Waals surface area contributed by atoms with E-state index >= 15 is 0 Å². The molecule has 5 heteroatoms. The van der Waals surface area contributed by atoms with Gasteiger partial charge in [0.1, 0.15) is 17.5 Å². The topological polar surface area (TPSA) is 88.1 Å². The molecule has 0 spiro atoms. The molecule has 0 aliphatic rings. The molecule has 2 atom stereocenters. The predicted octanol–water partition coefficient (Wildman–Crippen LogP) is 1.88. The van der Waals surface area contributed by atoms with Crippen LogP contribution in [0.15, 0.2) is 18.2 Å². The summed E-state index contributed by atoms with van der Waals surface area (Å²) in [5.41, 5.74) is 6.59. The number of nitrogens with two attached hydrogens (primary N) is 1. The van der Waals surface area contributed by atoms with E-state index in [1.807, 2.05) is 19.9 Å². The number of amides is 1. The van der Waals surface area contributed by atoms with Gasteiger partial charge in [-0.15, -0.1) is 0 Å². The number of nitrogens with zero attached hydrogens (tertiary/aromatic N) is 1. The Labute approximate surface area is 113 Å². The van der Waals surface area contributed by atoms with Crippen LogP contribution in [0.25, 0.3) is 0 Å². The van der Waals surface area contributed by atoms with E-state index in [4.69, 9.17) is 15.7 Å². The molecule has 5 nitrogen and oxygen atoms in total. The van der Waals surface area contributed by atoms with Gasteiger partial charge >= 0.3 is 0 Å². The Kier molecular flexibility index (Phi) is 5.34. The fourth-order valence-corrected chi connectivity index (χ4v) is 1.64. The first kappa shape index (κ1) is 15.0. The van der Waals surface area contributed by atoms with Crippen LogP contribution in [-0.4, -0.2) is 19.1 Å². The highest BCUT2D eigenvalue weighted by Gasteiger charge is 2.21. The van der Waals surface area contributed by atoms with Gasteiger partial charge in [0.05, 0.1) is 18.7 Å². The van der Waals surface area contributed by atoms with Crippen LogP contribution in [-0.2, 0) is 4.79 Å². The van der Waals surface area contributed by atoms with E-state index in [1.165, 1.54) is 7.11 Å². The lowest BCUT2D eigenvalue weighted by Crippen LogP contribution is -2.40. The van der Waals surface area contributed by atoms with Crippen molar-refractivity contribution in [3.63, 3.8) is 0 Å². The van der Waals surface area contributed by atoms with Gasteiger partial charge in [0.25, 0.3) is 0 Å². The molecule has 1 amide bonds. The van der Waals surface area contributed by atoms with Crippen LogP contribution in [0.5, 0.6) is 5.75 Å². The van der Waals surface area contributed by atoms with E-state index in [0.29, 0.717) is 17.0 Å². The number of rotatable bonds is 5. The van der Waals surface area contributed by atoms with Crippen molar-refractivity contribution >= 4 is 11.6 Å². The molecule has 0 aromatic heterocycles. The van der Waals surface area contributed by atoms with E-state index in [1.54, 1.807) is 18.2 Å². The maximum absolute atomic E-state index is 12.0. The minimum Gasteiger partial charge on any atom is -0.495 e. The van der Waals surface area contributed by atoms with Crippen LogP contribution in [0.3, 0.4) is 0 Å². The van der Waals surface area contributed by atoms with Crippen molar-refractivity contribution in [1.82, 2.24) is 0 Å². The van der Waals surface area contributed by atoms with Crippen molar-refractivity contribution in [2.45, 2.75) is 26.3 Å². The van der Waals surface area contributed by atoms with E-state index in [0.717, 1.165) is 6.42 Å². The molecule has 1 rings (SSSR count). The van der Waals surface area contributed by atoms with Gasteiger partial charge < -0.3 is 15.8 Å². The Morgan fingerprint density at radius 2 is 2.26 bits per heavy atom. The van der Waals surface area contributed by atoms with Crippen LogP contribution < -0.4 is 15.8 Å². The summed E-state index contributed by atoms with van der Waals surface area (Å²) in [5, 5.41) is 11.7. The molecular weight excluding hydrogens is 242 g/mol. The maximum atomic E-state index is 12.0. The zero-order valence-corrected chi connectivity index (χ0v) is 11.4. The number of carbonyl (C=O) groups excluding carboxylic acids is 1. The van der Waals surface area contributed by atoms with Gasteiger partial charge in [-0.05, 0) is 18.1 Å². The van der Waals surface area contributed by atoms with Gasteiger partial charge in [-0.1, -0.05) is 26.3 Å².